The van der Waals surface area contributed by atoms with Crippen LogP contribution in [0.25, 0.3) is 0 Å². The molecule has 0 saturated heterocycles. The summed E-state index contributed by atoms with van der Waals surface area (Å²) in [6, 6.07) is 10.0. The molecule has 0 aliphatic heterocycles. The largest absolute Gasteiger partial charge is 0.353 e. The Labute approximate surface area is 140 Å². The Morgan fingerprint density at radius 3 is 2.09 bits per heavy atom. The molecule has 2 atom stereocenters. The van der Waals surface area contributed by atoms with E-state index in [0.29, 0.717) is 0 Å². The highest BCUT2D eigenvalue weighted by molar-refractivity contribution is 7.93. The molecule has 130 valence electrons. The van der Waals surface area contributed by atoms with Crippen LogP contribution in [0.3, 0.4) is 0 Å². The quantitative estimate of drug-likeness (QED) is 0.830. The monoisotopic (exact) mass is 339 g/mol. The van der Waals surface area contributed by atoms with Crippen LogP contribution in [-0.4, -0.2) is 30.9 Å². The lowest BCUT2D eigenvalue weighted by molar-refractivity contribution is -0.121. The van der Waals surface area contributed by atoms with E-state index in [0.717, 1.165) is 6.42 Å². The third-order valence-electron chi connectivity index (χ3n) is 4.28. The lowest BCUT2D eigenvalue weighted by Gasteiger charge is -2.29. The molecular formula is C18H29NO3S. The SMILES string of the molecule is CC(CC(C)(C)c1ccccc1)NC(=O)C(C)S(=O)(=O)C(C)C. The number of hydrogen-bond donors (Lipinski definition) is 1. The summed E-state index contributed by atoms with van der Waals surface area (Å²) in [5.74, 6) is -0.421. The van der Waals surface area contributed by atoms with Gasteiger partial charge in [0, 0.05) is 6.04 Å². The van der Waals surface area contributed by atoms with Gasteiger partial charge < -0.3 is 5.32 Å². The third-order valence-corrected chi connectivity index (χ3v) is 6.79. The highest BCUT2D eigenvalue weighted by Crippen LogP contribution is 2.28. The number of carbonyl (C=O) groups excluding carboxylic acids is 1. The number of amides is 1. The topological polar surface area (TPSA) is 63.2 Å². The first-order chi connectivity index (χ1) is 10.5. The van der Waals surface area contributed by atoms with Gasteiger partial charge in [0.25, 0.3) is 0 Å². The highest BCUT2D eigenvalue weighted by atomic mass is 32.2. The van der Waals surface area contributed by atoms with Crippen molar-refractivity contribution in [2.24, 2.45) is 0 Å². The van der Waals surface area contributed by atoms with Crippen LogP contribution in [-0.2, 0) is 20.0 Å². The summed E-state index contributed by atoms with van der Waals surface area (Å²) in [6.45, 7) is 10.8. The van der Waals surface area contributed by atoms with E-state index in [-0.39, 0.29) is 11.5 Å². The van der Waals surface area contributed by atoms with Gasteiger partial charge in [0.15, 0.2) is 9.84 Å². The van der Waals surface area contributed by atoms with Gasteiger partial charge in [-0.15, -0.1) is 0 Å². The Morgan fingerprint density at radius 2 is 1.61 bits per heavy atom. The second-order valence-electron chi connectivity index (χ2n) is 7.14. The Kier molecular flexibility index (Phi) is 6.40. The highest BCUT2D eigenvalue weighted by Gasteiger charge is 2.32. The van der Waals surface area contributed by atoms with Crippen molar-refractivity contribution in [1.29, 1.82) is 0 Å². The van der Waals surface area contributed by atoms with Crippen molar-refractivity contribution in [2.45, 2.75) is 69.9 Å². The lowest BCUT2D eigenvalue weighted by atomic mass is 9.79. The maximum atomic E-state index is 12.2. The van der Waals surface area contributed by atoms with Gasteiger partial charge >= 0.3 is 0 Å². The van der Waals surface area contributed by atoms with Crippen molar-refractivity contribution in [2.75, 3.05) is 0 Å². The summed E-state index contributed by atoms with van der Waals surface area (Å²) in [5, 5.41) is 1.27. The smallest absolute Gasteiger partial charge is 0.238 e. The molecular weight excluding hydrogens is 310 g/mol. The fraction of sp³-hybridized carbons (Fsp3) is 0.611. The van der Waals surface area contributed by atoms with E-state index in [1.165, 1.54) is 12.5 Å². The Hall–Kier alpha value is -1.36. The van der Waals surface area contributed by atoms with Gasteiger partial charge in [0.05, 0.1) is 5.25 Å². The van der Waals surface area contributed by atoms with Crippen LogP contribution in [0.2, 0.25) is 0 Å². The first-order valence-electron chi connectivity index (χ1n) is 8.07. The molecule has 0 aromatic heterocycles. The molecule has 4 nitrogen and oxygen atoms in total. The molecule has 0 radical (unpaired) electrons. The van der Waals surface area contributed by atoms with Crippen LogP contribution >= 0.6 is 0 Å². The molecule has 0 aliphatic carbocycles. The van der Waals surface area contributed by atoms with E-state index >= 15 is 0 Å². The van der Waals surface area contributed by atoms with Crippen molar-refractivity contribution >= 4 is 15.7 Å². The molecule has 1 aromatic carbocycles. The molecule has 1 N–H and O–H groups in total. The van der Waals surface area contributed by atoms with Crippen molar-refractivity contribution in [3.8, 4) is 0 Å². The minimum absolute atomic E-state index is 0.103. The molecule has 5 heteroatoms. The first kappa shape index (κ1) is 19.7. The van der Waals surface area contributed by atoms with Gasteiger partial charge in [-0.1, -0.05) is 44.2 Å². The minimum atomic E-state index is -3.43. The Bertz CT molecular complexity index is 621. The zero-order chi connectivity index (χ0) is 17.8. The minimum Gasteiger partial charge on any atom is -0.353 e. The maximum absolute atomic E-state index is 12.2. The third kappa shape index (κ3) is 5.06. The van der Waals surface area contributed by atoms with E-state index < -0.39 is 26.2 Å². The number of carbonyl (C=O) groups is 1. The molecule has 1 rings (SSSR count). The molecule has 0 aliphatic rings. The predicted octanol–water partition coefficient (Wildman–Crippen LogP) is 3.07. The van der Waals surface area contributed by atoms with Gasteiger partial charge in [-0.25, -0.2) is 8.42 Å². The van der Waals surface area contributed by atoms with Gasteiger partial charge in [0.1, 0.15) is 5.25 Å². The van der Waals surface area contributed by atoms with Crippen molar-refractivity contribution in [3.05, 3.63) is 35.9 Å². The van der Waals surface area contributed by atoms with Crippen LogP contribution in [0, 0.1) is 0 Å². The number of hydrogen-bond acceptors (Lipinski definition) is 3. The molecule has 0 bridgehead atoms. The summed E-state index contributed by atoms with van der Waals surface area (Å²) >= 11 is 0. The summed E-state index contributed by atoms with van der Waals surface area (Å²) in [7, 11) is -3.43. The van der Waals surface area contributed by atoms with E-state index in [9.17, 15) is 13.2 Å². The molecule has 1 aromatic rings. The standard InChI is InChI=1S/C18H29NO3S/c1-13(2)23(21,22)15(4)17(20)19-14(3)12-18(5,6)16-10-8-7-9-11-16/h7-11,13-15H,12H2,1-6H3,(H,19,20). The summed E-state index contributed by atoms with van der Waals surface area (Å²) in [4.78, 5) is 12.2. The summed E-state index contributed by atoms with van der Waals surface area (Å²) in [6.07, 6.45) is 0.733. The molecule has 0 heterocycles. The van der Waals surface area contributed by atoms with Crippen LogP contribution in [0.4, 0.5) is 0 Å². The van der Waals surface area contributed by atoms with E-state index in [4.69, 9.17) is 0 Å². The fourth-order valence-electron chi connectivity index (χ4n) is 2.74. The van der Waals surface area contributed by atoms with Crippen LogP contribution < -0.4 is 5.32 Å². The van der Waals surface area contributed by atoms with Crippen LogP contribution in [0.1, 0.15) is 53.5 Å². The van der Waals surface area contributed by atoms with Crippen molar-refractivity contribution < 1.29 is 13.2 Å². The maximum Gasteiger partial charge on any atom is 0.238 e. The number of nitrogens with one attached hydrogen (secondary N) is 1. The first-order valence-corrected chi connectivity index (χ1v) is 9.68. The lowest BCUT2D eigenvalue weighted by Crippen LogP contribution is -2.45. The summed E-state index contributed by atoms with van der Waals surface area (Å²) in [5.41, 5.74) is 1.10. The van der Waals surface area contributed by atoms with E-state index in [1.807, 2.05) is 25.1 Å². The second kappa shape index (κ2) is 7.47. The molecule has 23 heavy (non-hydrogen) atoms. The average Bonchev–Trinajstić information content (AvgIpc) is 2.46. The molecule has 0 saturated carbocycles. The van der Waals surface area contributed by atoms with Gasteiger partial charge in [0.2, 0.25) is 5.91 Å². The molecule has 0 spiro atoms. The Morgan fingerprint density at radius 1 is 1.09 bits per heavy atom. The number of sulfone groups is 1. The van der Waals surface area contributed by atoms with Crippen LogP contribution in [0.5, 0.6) is 0 Å². The van der Waals surface area contributed by atoms with Crippen molar-refractivity contribution in [3.63, 3.8) is 0 Å². The van der Waals surface area contributed by atoms with E-state index in [2.05, 4.69) is 31.3 Å². The Balaban J connectivity index is 2.73. The zero-order valence-electron chi connectivity index (χ0n) is 15.0. The van der Waals surface area contributed by atoms with Gasteiger partial charge in [-0.05, 0) is 45.1 Å². The van der Waals surface area contributed by atoms with Crippen LogP contribution in [0.15, 0.2) is 30.3 Å². The van der Waals surface area contributed by atoms with E-state index in [1.54, 1.807) is 13.8 Å². The molecule has 0 fully saturated rings. The fourth-order valence-corrected chi connectivity index (χ4v) is 3.92. The zero-order valence-corrected chi connectivity index (χ0v) is 15.8. The number of benzene rings is 1. The van der Waals surface area contributed by atoms with Crippen molar-refractivity contribution in [1.82, 2.24) is 5.32 Å². The summed E-state index contributed by atoms with van der Waals surface area (Å²) < 4.78 is 24.2. The average molecular weight is 340 g/mol. The van der Waals surface area contributed by atoms with Gasteiger partial charge in [-0.3, -0.25) is 4.79 Å². The molecule has 1 amide bonds. The molecule has 2 unspecified atom stereocenters. The second-order valence-corrected chi connectivity index (χ2v) is 9.97. The van der Waals surface area contributed by atoms with Gasteiger partial charge in [-0.2, -0.15) is 0 Å². The predicted molar refractivity (Wildman–Crippen MR) is 95.2 cm³/mol. The number of rotatable bonds is 7. The normalized spacial score (nSPS) is 15.3.